The third-order valence-electron chi connectivity index (χ3n) is 5.25. The maximum absolute atomic E-state index is 11.9. The normalized spacial score (nSPS) is 22.6. The highest BCUT2D eigenvalue weighted by Crippen LogP contribution is 2.33. The molecule has 174 valence electrons. The molecule has 0 spiro atoms. The van der Waals surface area contributed by atoms with Gasteiger partial charge in [0.1, 0.15) is 0 Å². The number of hydrogen-bond acceptors (Lipinski definition) is 6. The first-order valence-electron chi connectivity index (χ1n) is 11.4. The first kappa shape index (κ1) is 25.2. The second-order valence-electron chi connectivity index (χ2n) is 7.76. The van der Waals surface area contributed by atoms with Crippen LogP contribution in [0.5, 0.6) is 0 Å². The van der Waals surface area contributed by atoms with E-state index in [9.17, 15) is 9.59 Å². The minimum Gasteiger partial charge on any atom is -0.379 e. The molecule has 2 heterocycles. The van der Waals surface area contributed by atoms with Crippen molar-refractivity contribution < 1.29 is 23.8 Å². The van der Waals surface area contributed by atoms with Crippen LogP contribution < -0.4 is 16.0 Å². The molecule has 2 rings (SSSR count). The van der Waals surface area contributed by atoms with Crippen molar-refractivity contribution >= 4 is 23.7 Å². The second-order valence-corrected chi connectivity index (χ2v) is 9.03. The number of unbranched alkanes of at least 4 members (excludes halogenated alkanes) is 2. The number of amides is 3. The third-order valence-corrected chi connectivity index (χ3v) is 6.76. The molecule has 3 atom stereocenters. The summed E-state index contributed by atoms with van der Waals surface area (Å²) in [6.45, 7) is 6.60. The largest absolute Gasteiger partial charge is 0.379 e. The summed E-state index contributed by atoms with van der Waals surface area (Å²) in [4.78, 5) is 23.3. The smallest absolute Gasteiger partial charge is 0.315 e. The minimum absolute atomic E-state index is 0.0430. The second kappa shape index (κ2) is 15.7. The highest BCUT2D eigenvalue weighted by Gasteiger charge is 2.42. The molecule has 0 bridgehead atoms. The fourth-order valence-corrected chi connectivity index (χ4v) is 5.10. The fraction of sp³-hybridized carbons (Fsp3) is 0.905. The number of thioether (sulfide) groups is 1. The van der Waals surface area contributed by atoms with E-state index >= 15 is 0 Å². The first-order valence-corrected chi connectivity index (χ1v) is 12.4. The van der Waals surface area contributed by atoms with Gasteiger partial charge in [-0.05, 0) is 25.7 Å². The van der Waals surface area contributed by atoms with Gasteiger partial charge in [-0.15, -0.1) is 0 Å². The van der Waals surface area contributed by atoms with E-state index in [1.807, 2.05) is 11.8 Å². The van der Waals surface area contributed by atoms with Crippen molar-refractivity contribution in [2.45, 2.75) is 69.2 Å². The summed E-state index contributed by atoms with van der Waals surface area (Å²) in [5, 5.41) is 9.38. The topological polar surface area (TPSA) is 97.9 Å². The Hall–Kier alpha value is -1.03. The average molecular weight is 446 g/mol. The van der Waals surface area contributed by atoms with E-state index in [1.54, 1.807) is 0 Å². The van der Waals surface area contributed by atoms with Gasteiger partial charge in [-0.1, -0.05) is 19.8 Å². The summed E-state index contributed by atoms with van der Waals surface area (Å²) >= 11 is 1.92. The molecule has 2 aliphatic heterocycles. The molecule has 0 aliphatic carbocycles. The fourth-order valence-electron chi connectivity index (χ4n) is 3.55. The van der Waals surface area contributed by atoms with E-state index in [1.165, 1.54) is 0 Å². The summed E-state index contributed by atoms with van der Waals surface area (Å²) in [5.41, 5.74) is 0. The first-order chi connectivity index (χ1) is 14.7. The van der Waals surface area contributed by atoms with Gasteiger partial charge in [0.2, 0.25) is 5.91 Å². The van der Waals surface area contributed by atoms with Gasteiger partial charge in [0.25, 0.3) is 0 Å². The Morgan fingerprint density at radius 1 is 1.00 bits per heavy atom. The van der Waals surface area contributed by atoms with Crippen molar-refractivity contribution in [1.29, 1.82) is 0 Å². The van der Waals surface area contributed by atoms with Crippen molar-refractivity contribution in [3.63, 3.8) is 0 Å². The Bertz CT molecular complexity index is 497. The zero-order valence-electron chi connectivity index (χ0n) is 18.3. The highest BCUT2D eigenvalue weighted by atomic mass is 32.2. The van der Waals surface area contributed by atoms with Gasteiger partial charge in [0, 0.05) is 37.2 Å². The monoisotopic (exact) mass is 445 g/mol. The maximum atomic E-state index is 11.9. The van der Waals surface area contributed by atoms with Gasteiger partial charge in [-0.3, -0.25) is 4.79 Å². The summed E-state index contributed by atoms with van der Waals surface area (Å²) in [6, 6.07) is 0.480. The van der Waals surface area contributed by atoms with Crippen molar-refractivity contribution in [2.75, 3.05) is 51.9 Å². The number of ether oxygens (including phenoxy) is 3. The van der Waals surface area contributed by atoms with Gasteiger partial charge in [-0.25, -0.2) is 4.79 Å². The van der Waals surface area contributed by atoms with Crippen LogP contribution in [0, 0.1) is 0 Å². The van der Waals surface area contributed by atoms with Gasteiger partial charge >= 0.3 is 6.03 Å². The van der Waals surface area contributed by atoms with Crippen LogP contribution in [0.15, 0.2) is 0 Å². The molecule has 9 heteroatoms. The van der Waals surface area contributed by atoms with Crippen LogP contribution in [0.25, 0.3) is 0 Å². The van der Waals surface area contributed by atoms with E-state index in [-0.39, 0.29) is 24.0 Å². The summed E-state index contributed by atoms with van der Waals surface area (Å²) < 4.78 is 16.3. The molecule has 0 radical (unpaired) electrons. The molecule has 0 saturated carbocycles. The maximum Gasteiger partial charge on any atom is 0.315 e. The number of nitrogens with one attached hydrogen (secondary N) is 3. The molecule has 2 saturated heterocycles. The van der Waals surface area contributed by atoms with E-state index < -0.39 is 0 Å². The zero-order valence-corrected chi connectivity index (χ0v) is 19.1. The zero-order chi connectivity index (χ0) is 21.4. The molecule has 2 aliphatic rings. The number of urea groups is 1. The Balaban J connectivity index is 1.31. The van der Waals surface area contributed by atoms with Crippen molar-refractivity contribution in [1.82, 2.24) is 16.0 Å². The number of carbonyl (C=O) groups excluding carboxylic acids is 2. The van der Waals surface area contributed by atoms with Crippen LogP contribution >= 0.6 is 11.8 Å². The lowest BCUT2D eigenvalue weighted by Gasteiger charge is -2.16. The lowest BCUT2D eigenvalue weighted by atomic mass is 10.0. The molecular weight excluding hydrogens is 406 g/mol. The predicted molar refractivity (Wildman–Crippen MR) is 119 cm³/mol. The predicted octanol–water partition coefficient (Wildman–Crippen LogP) is 2.07. The molecule has 30 heavy (non-hydrogen) atoms. The molecule has 3 amide bonds. The molecular formula is C21H39N3O5S. The van der Waals surface area contributed by atoms with Crippen LogP contribution in [0.1, 0.15) is 51.9 Å². The third kappa shape index (κ3) is 10.3. The number of fused-ring (bicyclic) bond motifs is 1. The molecule has 0 aromatic heterocycles. The molecule has 3 N–H and O–H groups in total. The lowest BCUT2D eigenvalue weighted by Crippen LogP contribution is -2.36. The van der Waals surface area contributed by atoms with E-state index in [4.69, 9.17) is 14.2 Å². The summed E-state index contributed by atoms with van der Waals surface area (Å²) in [7, 11) is 0. The van der Waals surface area contributed by atoms with E-state index in [0.717, 1.165) is 50.9 Å². The van der Waals surface area contributed by atoms with Crippen molar-refractivity contribution in [3.05, 3.63) is 0 Å². The average Bonchev–Trinajstić information content (AvgIpc) is 3.28. The standard InChI is InChI=1S/C21H39N3O5S/c1-2-3-10-27-12-14-29-15-13-28-11-6-9-22-19(25)8-5-4-7-18-20-17(16-30-18)23-21(26)24-20/h17-18,20H,2-16H2,1H3,(H,22,25)(H2,23,24,26). The van der Waals surface area contributed by atoms with Crippen molar-refractivity contribution in [2.24, 2.45) is 0 Å². The lowest BCUT2D eigenvalue weighted by molar-refractivity contribution is -0.121. The van der Waals surface area contributed by atoms with Gasteiger partial charge in [0.05, 0.1) is 38.5 Å². The Morgan fingerprint density at radius 2 is 1.70 bits per heavy atom. The summed E-state index contributed by atoms with van der Waals surface area (Å²) in [6.07, 6.45) is 6.55. The van der Waals surface area contributed by atoms with Crippen LogP contribution in [0.2, 0.25) is 0 Å². The highest BCUT2D eigenvalue weighted by molar-refractivity contribution is 8.00. The van der Waals surface area contributed by atoms with E-state index in [0.29, 0.717) is 51.2 Å². The Morgan fingerprint density at radius 3 is 2.43 bits per heavy atom. The minimum atomic E-state index is -0.0430. The Kier molecular flexibility index (Phi) is 13.2. The van der Waals surface area contributed by atoms with Gasteiger partial charge < -0.3 is 30.2 Å². The van der Waals surface area contributed by atoms with Crippen LogP contribution in [-0.2, 0) is 19.0 Å². The van der Waals surface area contributed by atoms with Crippen molar-refractivity contribution in [3.8, 4) is 0 Å². The SMILES string of the molecule is CCCCOCCOCCOCCCNC(=O)CCCCC1SCC2NC(=O)NC21. The quantitative estimate of drug-likeness (QED) is 0.221. The van der Waals surface area contributed by atoms with Crippen LogP contribution in [0.4, 0.5) is 4.79 Å². The van der Waals surface area contributed by atoms with Crippen LogP contribution in [-0.4, -0.2) is 81.2 Å². The number of carbonyl (C=O) groups is 2. The van der Waals surface area contributed by atoms with Gasteiger partial charge in [-0.2, -0.15) is 11.8 Å². The molecule has 3 unspecified atom stereocenters. The number of hydrogen-bond donors (Lipinski definition) is 3. The number of rotatable bonds is 18. The summed E-state index contributed by atoms with van der Waals surface area (Å²) in [5.74, 6) is 1.09. The molecule has 0 aromatic rings. The van der Waals surface area contributed by atoms with Crippen LogP contribution in [0.3, 0.4) is 0 Å². The molecule has 8 nitrogen and oxygen atoms in total. The van der Waals surface area contributed by atoms with E-state index in [2.05, 4.69) is 22.9 Å². The molecule has 0 aromatic carbocycles. The van der Waals surface area contributed by atoms with Gasteiger partial charge in [0.15, 0.2) is 0 Å². The Labute approximate surface area is 184 Å². The molecule has 2 fully saturated rings.